The van der Waals surface area contributed by atoms with Gasteiger partial charge in [-0.3, -0.25) is 4.79 Å². The molecule has 3 nitrogen and oxygen atoms in total. The Morgan fingerprint density at radius 1 is 1.47 bits per heavy atom. The number of rotatable bonds is 7. The number of carbonyl (C=O) groups excluding carboxylic acids is 1. The van der Waals surface area contributed by atoms with Gasteiger partial charge in [-0.05, 0) is 35.4 Å². The van der Waals surface area contributed by atoms with Crippen molar-refractivity contribution in [3.05, 3.63) is 22.4 Å². The first-order valence-corrected chi connectivity index (χ1v) is 6.25. The van der Waals surface area contributed by atoms with Crippen LogP contribution in [0.5, 0.6) is 0 Å². The van der Waals surface area contributed by atoms with E-state index >= 15 is 0 Å². The van der Waals surface area contributed by atoms with Crippen molar-refractivity contribution in [2.24, 2.45) is 0 Å². The number of carbonyl (C=O) groups is 1. The molecule has 0 aliphatic heterocycles. The van der Waals surface area contributed by atoms with E-state index in [1.54, 1.807) is 11.3 Å². The van der Waals surface area contributed by atoms with E-state index in [0.717, 1.165) is 26.1 Å². The van der Waals surface area contributed by atoms with E-state index < -0.39 is 0 Å². The molecule has 1 aromatic rings. The van der Waals surface area contributed by atoms with Crippen LogP contribution in [0, 0.1) is 0 Å². The molecule has 1 rings (SSSR count). The Labute approximate surface area is 94.9 Å². The second-order valence-electron chi connectivity index (χ2n) is 3.34. The summed E-state index contributed by atoms with van der Waals surface area (Å²) in [6.45, 7) is 4.57. The van der Waals surface area contributed by atoms with Crippen molar-refractivity contribution in [3.8, 4) is 0 Å². The lowest BCUT2D eigenvalue weighted by molar-refractivity contribution is -0.121. The molecule has 0 aromatic carbocycles. The molecular weight excluding hydrogens is 208 g/mol. The summed E-state index contributed by atoms with van der Waals surface area (Å²) >= 11 is 1.67. The first-order valence-electron chi connectivity index (χ1n) is 5.31. The zero-order chi connectivity index (χ0) is 10.9. The fraction of sp³-hybridized carbons (Fsp3) is 0.545. The van der Waals surface area contributed by atoms with E-state index in [1.807, 2.05) is 5.38 Å². The monoisotopic (exact) mass is 226 g/mol. The van der Waals surface area contributed by atoms with Crippen LogP contribution in [0.25, 0.3) is 0 Å². The standard InChI is InChI=1S/C11H18N2OS/c1-2-12-6-7-13-11(14)4-3-10-5-8-15-9-10/h5,8-9,12H,2-4,6-7H2,1H3,(H,13,14). The van der Waals surface area contributed by atoms with E-state index in [4.69, 9.17) is 0 Å². The van der Waals surface area contributed by atoms with E-state index in [-0.39, 0.29) is 5.91 Å². The molecule has 0 atom stereocenters. The van der Waals surface area contributed by atoms with Crippen LogP contribution in [0.2, 0.25) is 0 Å². The summed E-state index contributed by atoms with van der Waals surface area (Å²) in [5, 5.41) is 10.2. The van der Waals surface area contributed by atoms with Gasteiger partial charge in [-0.25, -0.2) is 0 Å². The van der Waals surface area contributed by atoms with Gasteiger partial charge in [0.2, 0.25) is 5.91 Å². The van der Waals surface area contributed by atoms with Crippen LogP contribution in [0.3, 0.4) is 0 Å². The van der Waals surface area contributed by atoms with Crippen molar-refractivity contribution in [1.82, 2.24) is 10.6 Å². The first kappa shape index (κ1) is 12.2. The number of hydrogen-bond acceptors (Lipinski definition) is 3. The molecule has 0 saturated carbocycles. The van der Waals surface area contributed by atoms with Gasteiger partial charge >= 0.3 is 0 Å². The van der Waals surface area contributed by atoms with Crippen LogP contribution in [-0.2, 0) is 11.2 Å². The Balaban J connectivity index is 2.04. The maximum absolute atomic E-state index is 11.4. The third-order valence-corrected chi connectivity index (χ3v) is 2.83. The fourth-order valence-electron chi connectivity index (χ4n) is 1.25. The van der Waals surface area contributed by atoms with Gasteiger partial charge in [0.15, 0.2) is 0 Å². The van der Waals surface area contributed by atoms with Gasteiger partial charge in [-0.15, -0.1) is 0 Å². The lowest BCUT2D eigenvalue weighted by Gasteiger charge is -2.04. The highest BCUT2D eigenvalue weighted by molar-refractivity contribution is 7.07. The molecule has 1 aromatic heterocycles. The van der Waals surface area contributed by atoms with Crippen molar-refractivity contribution in [2.45, 2.75) is 19.8 Å². The van der Waals surface area contributed by atoms with Gasteiger partial charge in [0.05, 0.1) is 0 Å². The lowest BCUT2D eigenvalue weighted by atomic mass is 10.2. The molecule has 1 amide bonds. The number of amides is 1. The van der Waals surface area contributed by atoms with E-state index in [1.165, 1.54) is 5.56 Å². The summed E-state index contributed by atoms with van der Waals surface area (Å²) in [6, 6.07) is 2.07. The Kier molecular flexibility index (Phi) is 6.04. The Morgan fingerprint density at radius 2 is 2.33 bits per heavy atom. The van der Waals surface area contributed by atoms with Gasteiger partial charge in [-0.2, -0.15) is 11.3 Å². The van der Waals surface area contributed by atoms with Crippen LogP contribution in [-0.4, -0.2) is 25.5 Å². The summed E-state index contributed by atoms with van der Waals surface area (Å²) in [7, 11) is 0. The molecule has 0 aliphatic carbocycles. The molecule has 0 fully saturated rings. The molecule has 0 spiro atoms. The van der Waals surface area contributed by atoms with Crippen molar-refractivity contribution in [3.63, 3.8) is 0 Å². The third-order valence-electron chi connectivity index (χ3n) is 2.09. The SMILES string of the molecule is CCNCCNC(=O)CCc1ccsc1. The lowest BCUT2D eigenvalue weighted by Crippen LogP contribution is -2.31. The number of likely N-dealkylation sites (N-methyl/N-ethyl adjacent to an activating group) is 1. The predicted octanol–water partition coefficient (Wildman–Crippen LogP) is 1.41. The molecule has 15 heavy (non-hydrogen) atoms. The second-order valence-corrected chi connectivity index (χ2v) is 4.12. The molecule has 0 radical (unpaired) electrons. The van der Waals surface area contributed by atoms with E-state index in [2.05, 4.69) is 29.0 Å². The molecule has 2 N–H and O–H groups in total. The number of aryl methyl sites for hydroxylation is 1. The smallest absolute Gasteiger partial charge is 0.220 e. The van der Waals surface area contributed by atoms with Gasteiger partial charge in [0, 0.05) is 19.5 Å². The first-order chi connectivity index (χ1) is 7.33. The minimum atomic E-state index is 0.138. The highest BCUT2D eigenvalue weighted by atomic mass is 32.1. The summed E-state index contributed by atoms with van der Waals surface area (Å²) in [4.78, 5) is 11.4. The number of nitrogens with one attached hydrogen (secondary N) is 2. The molecule has 4 heteroatoms. The summed E-state index contributed by atoms with van der Waals surface area (Å²) < 4.78 is 0. The van der Waals surface area contributed by atoms with Crippen molar-refractivity contribution >= 4 is 17.2 Å². The van der Waals surface area contributed by atoms with Crippen LogP contribution in [0.15, 0.2) is 16.8 Å². The minimum Gasteiger partial charge on any atom is -0.355 e. The van der Waals surface area contributed by atoms with Crippen LogP contribution >= 0.6 is 11.3 Å². The second kappa shape index (κ2) is 7.43. The number of hydrogen-bond donors (Lipinski definition) is 2. The molecule has 0 saturated heterocycles. The minimum absolute atomic E-state index is 0.138. The average molecular weight is 226 g/mol. The van der Waals surface area contributed by atoms with Crippen LogP contribution < -0.4 is 10.6 Å². The molecule has 1 heterocycles. The molecule has 0 aliphatic rings. The van der Waals surface area contributed by atoms with Crippen LogP contribution in [0.4, 0.5) is 0 Å². The quantitative estimate of drug-likeness (QED) is 0.690. The summed E-state index contributed by atoms with van der Waals surface area (Å²) in [6.07, 6.45) is 1.43. The van der Waals surface area contributed by atoms with Gasteiger partial charge < -0.3 is 10.6 Å². The van der Waals surface area contributed by atoms with Gasteiger partial charge in [0.1, 0.15) is 0 Å². The van der Waals surface area contributed by atoms with Gasteiger partial charge in [-0.1, -0.05) is 6.92 Å². The highest BCUT2D eigenvalue weighted by Crippen LogP contribution is 2.07. The van der Waals surface area contributed by atoms with Crippen molar-refractivity contribution in [1.29, 1.82) is 0 Å². The topological polar surface area (TPSA) is 41.1 Å². The van der Waals surface area contributed by atoms with E-state index in [9.17, 15) is 4.79 Å². The van der Waals surface area contributed by atoms with Crippen molar-refractivity contribution < 1.29 is 4.79 Å². The van der Waals surface area contributed by atoms with E-state index in [0.29, 0.717) is 6.42 Å². The summed E-state index contributed by atoms with van der Waals surface area (Å²) in [5.74, 6) is 0.138. The van der Waals surface area contributed by atoms with Crippen molar-refractivity contribution in [2.75, 3.05) is 19.6 Å². The molecule has 0 bridgehead atoms. The van der Waals surface area contributed by atoms with Crippen LogP contribution in [0.1, 0.15) is 18.9 Å². The predicted molar refractivity (Wildman–Crippen MR) is 64.2 cm³/mol. The third kappa shape index (κ3) is 5.54. The molecular formula is C11H18N2OS. The number of thiophene rings is 1. The Morgan fingerprint density at radius 3 is 3.00 bits per heavy atom. The Hall–Kier alpha value is -0.870. The normalized spacial score (nSPS) is 10.2. The maximum atomic E-state index is 11.4. The maximum Gasteiger partial charge on any atom is 0.220 e. The molecule has 84 valence electrons. The largest absolute Gasteiger partial charge is 0.355 e. The summed E-state index contributed by atoms with van der Waals surface area (Å²) in [5.41, 5.74) is 1.25. The molecule has 0 unspecified atom stereocenters. The van der Waals surface area contributed by atoms with Gasteiger partial charge in [0.25, 0.3) is 0 Å². The fourth-order valence-corrected chi connectivity index (χ4v) is 1.95. The zero-order valence-electron chi connectivity index (χ0n) is 9.08. The highest BCUT2D eigenvalue weighted by Gasteiger charge is 2.01. The zero-order valence-corrected chi connectivity index (χ0v) is 9.90. The average Bonchev–Trinajstić information content (AvgIpc) is 2.74. The Bertz CT molecular complexity index is 272.